The first-order valence-corrected chi connectivity index (χ1v) is 5.74. The van der Waals surface area contributed by atoms with E-state index in [-0.39, 0.29) is 10.3 Å². The summed E-state index contributed by atoms with van der Waals surface area (Å²) in [6.07, 6.45) is -3.64. The normalized spacial score (nSPS) is 11.6. The van der Waals surface area contributed by atoms with Crippen LogP contribution in [0, 0.1) is 0 Å². The Bertz CT molecular complexity index is 631. The maximum atomic E-state index is 12.5. The van der Waals surface area contributed by atoms with Gasteiger partial charge in [-0.05, 0) is 28.3 Å². The van der Waals surface area contributed by atoms with E-state index in [4.69, 9.17) is 5.11 Å². The smallest absolute Gasteiger partial charge is 0.433 e. The Balaban J connectivity index is 2.22. The highest BCUT2D eigenvalue weighted by Crippen LogP contribution is 2.29. The van der Waals surface area contributed by atoms with Crippen molar-refractivity contribution in [2.75, 3.05) is 0 Å². The molecule has 0 spiro atoms. The van der Waals surface area contributed by atoms with Crippen LogP contribution in [-0.4, -0.2) is 41.3 Å². The minimum atomic E-state index is -4.59. The third kappa shape index (κ3) is 3.40. The first-order valence-electron chi connectivity index (χ1n) is 4.92. The standard InChI is InChI=1S/C8H5F3N6O2S/c9-8(10,11)4-1-2-12-6(13-4)20-7-14-15-16-17(7)3-5(18)19/h1-2H,3H2,(H,18,19). The molecule has 0 unspecified atom stereocenters. The molecule has 0 radical (unpaired) electrons. The minimum Gasteiger partial charge on any atom is -0.480 e. The molecule has 2 aromatic heterocycles. The lowest BCUT2D eigenvalue weighted by atomic mass is 10.4. The second-order valence-electron chi connectivity index (χ2n) is 3.34. The second kappa shape index (κ2) is 5.40. The van der Waals surface area contributed by atoms with E-state index in [1.165, 1.54) is 0 Å². The number of carboxylic acid groups (broad SMARTS) is 1. The van der Waals surface area contributed by atoms with Crippen molar-refractivity contribution in [3.8, 4) is 0 Å². The molecule has 0 saturated carbocycles. The van der Waals surface area contributed by atoms with Crippen LogP contribution in [0.1, 0.15) is 5.69 Å². The molecule has 106 valence electrons. The van der Waals surface area contributed by atoms with Gasteiger partial charge in [-0.15, -0.1) is 5.10 Å². The lowest BCUT2D eigenvalue weighted by molar-refractivity contribution is -0.141. The zero-order valence-corrected chi connectivity index (χ0v) is 10.3. The van der Waals surface area contributed by atoms with Crippen LogP contribution in [0.2, 0.25) is 0 Å². The number of nitrogens with zero attached hydrogens (tertiary/aromatic N) is 6. The number of hydrogen-bond acceptors (Lipinski definition) is 7. The van der Waals surface area contributed by atoms with Gasteiger partial charge in [-0.3, -0.25) is 4.79 Å². The van der Waals surface area contributed by atoms with E-state index in [9.17, 15) is 18.0 Å². The van der Waals surface area contributed by atoms with Crippen LogP contribution in [0.3, 0.4) is 0 Å². The highest BCUT2D eigenvalue weighted by atomic mass is 32.2. The molecule has 0 atom stereocenters. The van der Waals surface area contributed by atoms with E-state index in [0.717, 1.165) is 16.9 Å². The number of hydrogen-bond donors (Lipinski definition) is 1. The van der Waals surface area contributed by atoms with Gasteiger partial charge >= 0.3 is 12.1 Å². The number of alkyl halides is 3. The van der Waals surface area contributed by atoms with Crippen LogP contribution in [0.4, 0.5) is 13.2 Å². The molecule has 0 aliphatic rings. The maximum Gasteiger partial charge on any atom is 0.433 e. The number of rotatable bonds is 4. The summed E-state index contributed by atoms with van der Waals surface area (Å²) in [6.45, 7) is -0.520. The summed E-state index contributed by atoms with van der Waals surface area (Å²) < 4.78 is 38.3. The van der Waals surface area contributed by atoms with Crippen LogP contribution >= 0.6 is 11.8 Å². The fourth-order valence-electron chi connectivity index (χ4n) is 1.13. The molecule has 12 heteroatoms. The molecule has 20 heavy (non-hydrogen) atoms. The Morgan fingerprint density at radius 2 is 2.20 bits per heavy atom. The lowest BCUT2D eigenvalue weighted by Crippen LogP contribution is -2.12. The predicted molar refractivity (Wildman–Crippen MR) is 56.6 cm³/mol. The number of tetrazole rings is 1. The number of aromatic nitrogens is 6. The molecule has 0 aromatic carbocycles. The Morgan fingerprint density at radius 3 is 2.85 bits per heavy atom. The zero-order valence-electron chi connectivity index (χ0n) is 9.44. The first kappa shape index (κ1) is 14.2. The van der Waals surface area contributed by atoms with Gasteiger partial charge in [0.1, 0.15) is 12.2 Å². The highest BCUT2D eigenvalue weighted by Gasteiger charge is 2.33. The van der Waals surface area contributed by atoms with Gasteiger partial charge in [0.2, 0.25) is 5.16 Å². The van der Waals surface area contributed by atoms with E-state index >= 15 is 0 Å². The molecule has 2 heterocycles. The molecule has 2 rings (SSSR count). The molecule has 0 aliphatic heterocycles. The quantitative estimate of drug-likeness (QED) is 0.823. The third-order valence-electron chi connectivity index (χ3n) is 1.89. The molecular formula is C8H5F3N6O2S. The molecule has 2 aromatic rings. The van der Waals surface area contributed by atoms with Crippen LogP contribution in [-0.2, 0) is 17.5 Å². The van der Waals surface area contributed by atoms with Gasteiger partial charge in [0.05, 0.1) is 0 Å². The number of aliphatic carboxylic acids is 1. The van der Waals surface area contributed by atoms with Gasteiger partial charge in [-0.1, -0.05) is 0 Å². The molecule has 0 saturated heterocycles. The van der Waals surface area contributed by atoms with Crippen LogP contribution < -0.4 is 0 Å². The van der Waals surface area contributed by atoms with Crippen molar-refractivity contribution >= 4 is 17.7 Å². The molecule has 8 nitrogen and oxygen atoms in total. The van der Waals surface area contributed by atoms with Gasteiger partial charge in [0, 0.05) is 6.20 Å². The van der Waals surface area contributed by atoms with Gasteiger partial charge in [-0.25, -0.2) is 14.6 Å². The van der Waals surface area contributed by atoms with Gasteiger partial charge in [0.25, 0.3) is 0 Å². The Morgan fingerprint density at radius 1 is 1.45 bits per heavy atom. The topological polar surface area (TPSA) is 107 Å². The van der Waals surface area contributed by atoms with Crippen molar-refractivity contribution in [3.05, 3.63) is 18.0 Å². The number of carboxylic acids is 1. The van der Waals surface area contributed by atoms with Crippen molar-refractivity contribution in [2.24, 2.45) is 0 Å². The van der Waals surface area contributed by atoms with Crippen LogP contribution in [0.25, 0.3) is 0 Å². The monoisotopic (exact) mass is 306 g/mol. The summed E-state index contributed by atoms with van der Waals surface area (Å²) >= 11 is 0.634. The zero-order chi connectivity index (χ0) is 14.8. The summed E-state index contributed by atoms with van der Waals surface area (Å²) in [5.41, 5.74) is -1.10. The predicted octanol–water partition coefficient (Wildman–Crippen LogP) is 0.718. The fraction of sp³-hybridized carbons (Fsp3) is 0.250. The van der Waals surface area contributed by atoms with E-state index in [0.29, 0.717) is 11.8 Å². The van der Waals surface area contributed by atoms with Crippen molar-refractivity contribution in [3.63, 3.8) is 0 Å². The van der Waals surface area contributed by atoms with Gasteiger partial charge < -0.3 is 5.11 Å². The van der Waals surface area contributed by atoms with E-state index in [2.05, 4.69) is 25.5 Å². The summed E-state index contributed by atoms with van der Waals surface area (Å²) in [5.74, 6) is -1.19. The van der Waals surface area contributed by atoms with Gasteiger partial charge in [-0.2, -0.15) is 13.2 Å². The van der Waals surface area contributed by atoms with E-state index in [1.54, 1.807) is 0 Å². The van der Waals surface area contributed by atoms with Crippen LogP contribution in [0.15, 0.2) is 22.6 Å². The average molecular weight is 306 g/mol. The highest BCUT2D eigenvalue weighted by molar-refractivity contribution is 7.99. The maximum absolute atomic E-state index is 12.5. The molecular weight excluding hydrogens is 301 g/mol. The first-order chi connectivity index (χ1) is 9.36. The van der Waals surface area contributed by atoms with E-state index < -0.39 is 24.4 Å². The number of carbonyl (C=O) groups is 1. The molecule has 0 fully saturated rings. The largest absolute Gasteiger partial charge is 0.480 e. The van der Waals surface area contributed by atoms with Crippen molar-refractivity contribution in [1.29, 1.82) is 0 Å². The third-order valence-corrected chi connectivity index (χ3v) is 2.74. The Hall–Kier alpha value is -2.24. The molecule has 0 aliphatic carbocycles. The molecule has 0 bridgehead atoms. The van der Waals surface area contributed by atoms with Crippen molar-refractivity contribution in [1.82, 2.24) is 30.2 Å². The number of halogens is 3. The van der Waals surface area contributed by atoms with Crippen molar-refractivity contribution < 1.29 is 23.1 Å². The average Bonchev–Trinajstić information content (AvgIpc) is 2.75. The molecule has 0 amide bonds. The van der Waals surface area contributed by atoms with Crippen molar-refractivity contribution in [2.45, 2.75) is 23.0 Å². The van der Waals surface area contributed by atoms with Gasteiger partial charge in [0.15, 0.2) is 5.16 Å². The van der Waals surface area contributed by atoms with Crippen LogP contribution in [0.5, 0.6) is 0 Å². The summed E-state index contributed by atoms with van der Waals surface area (Å²) in [4.78, 5) is 17.5. The summed E-state index contributed by atoms with van der Waals surface area (Å²) in [5, 5.41) is 18.5. The SMILES string of the molecule is O=C(O)Cn1nnnc1Sc1nccc(C(F)(F)F)n1. The minimum absolute atomic E-state index is 0.0216. The lowest BCUT2D eigenvalue weighted by Gasteiger charge is -2.06. The summed E-state index contributed by atoms with van der Waals surface area (Å²) in [7, 11) is 0. The van der Waals surface area contributed by atoms with E-state index in [1.807, 2.05) is 0 Å². The Labute approximate surface area is 113 Å². The fourth-order valence-corrected chi connectivity index (χ4v) is 1.83. The Kier molecular flexibility index (Phi) is 3.83. The molecule has 1 N–H and O–H groups in total. The second-order valence-corrected chi connectivity index (χ2v) is 4.27. The summed E-state index contributed by atoms with van der Waals surface area (Å²) in [6, 6.07) is 0.726.